The van der Waals surface area contributed by atoms with E-state index < -0.39 is 0 Å². The van der Waals surface area contributed by atoms with Gasteiger partial charge in [0.05, 0.1) is 6.10 Å². The van der Waals surface area contributed by atoms with Gasteiger partial charge in [-0.1, -0.05) is 13.8 Å². The van der Waals surface area contributed by atoms with Crippen molar-refractivity contribution in [3.63, 3.8) is 0 Å². The summed E-state index contributed by atoms with van der Waals surface area (Å²) in [6.45, 7) is 9.84. The zero-order valence-corrected chi connectivity index (χ0v) is 10.6. The molecule has 3 heteroatoms. The molecule has 0 aromatic heterocycles. The van der Waals surface area contributed by atoms with Crippen molar-refractivity contribution in [2.24, 2.45) is 5.41 Å². The highest BCUT2D eigenvalue weighted by molar-refractivity contribution is 4.85. The summed E-state index contributed by atoms with van der Waals surface area (Å²) in [6.07, 6.45) is 1.99. The van der Waals surface area contributed by atoms with Gasteiger partial charge in [-0.2, -0.15) is 0 Å². The minimum atomic E-state index is -0.112. The first-order valence-corrected chi connectivity index (χ1v) is 6.03. The summed E-state index contributed by atoms with van der Waals surface area (Å²) in [7, 11) is 2.01. The van der Waals surface area contributed by atoms with Crippen molar-refractivity contribution in [3.05, 3.63) is 0 Å². The molecule has 2 N–H and O–H groups in total. The van der Waals surface area contributed by atoms with Crippen LogP contribution in [0.3, 0.4) is 0 Å². The second-order valence-corrected chi connectivity index (χ2v) is 5.53. The third-order valence-corrected chi connectivity index (χ3v) is 3.72. The van der Waals surface area contributed by atoms with Gasteiger partial charge < -0.3 is 15.3 Å². The molecule has 0 radical (unpaired) electrons. The molecule has 1 aliphatic heterocycles. The lowest BCUT2D eigenvalue weighted by Gasteiger charge is -2.39. The fourth-order valence-corrected chi connectivity index (χ4v) is 2.28. The molecule has 2 atom stereocenters. The van der Waals surface area contributed by atoms with Crippen molar-refractivity contribution < 1.29 is 5.11 Å². The zero-order chi connectivity index (χ0) is 11.5. The predicted molar refractivity (Wildman–Crippen MR) is 64.0 cm³/mol. The van der Waals surface area contributed by atoms with Gasteiger partial charge in [0.2, 0.25) is 0 Å². The van der Waals surface area contributed by atoms with Crippen LogP contribution < -0.4 is 5.32 Å². The number of aliphatic hydroxyl groups is 1. The number of hydrogen-bond acceptors (Lipinski definition) is 3. The molecule has 1 rings (SSSR count). The molecule has 0 aromatic rings. The van der Waals surface area contributed by atoms with Crippen LogP contribution >= 0.6 is 0 Å². The lowest BCUT2D eigenvalue weighted by molar-refractivity contribution is 0.0437. The highest BCUT2D eigenvalue weighted by atomic mass is 16.3. The number of piperidine rings is 1. The Morgan fingerprint density at radius 3 is 2.73 bits per heavy atom. The maximum Gasteiger partial charge on any atom is 0.0667 e. The van der Waals surface area contributed by atoms with Gasteiger partial charge in [-0.05, 0) is 38.8 Å². The fourth-order valence-electron chi connectivity index (χ4n) is 2.28. The Balaban J connectivity index is 2.45. The van der Waals surface area contributed by atoms with E-state index in [0.29, 0.717) is 6.04 Å². The molecule has 1 fully saturated rings. The number of β-amino-alcohol motifs (C(OH)–C–C–N with tert-alkyl or cyclic N) is 1. The molecule has 90 valence electrons. The van der Waals surface area contributed by atoms with Crippen molar-refractivity contribution in [2.75, 3.05) is 26.7 Å². The summed E-state index contributed by atoms with van der Waals surface area (Å²) in [5.41, 5.74) is 0.256. The van der Waals surface area contributed by atoms with Crippen molar-refractivity contribution >= 4 is 0 Å². The number of rotatable bonds is 4. The van der Waals surface area contributed by atoms with E-state index in [9.17, 15) is 5.11 Å². The summed E-state index contributed by atoms with van der Waals surface area (Å²) in [6, 6.07) is 0.497. The minimum absolute atomic E-state index is 0.112. The second-order valence-electron chi connectivity index (χ2n) is 5.53. The van der Waals surface area contributed by atoms with Crippen LogP contribution in [0.1, 0.15) is 33.6 Å². The van der Waals surface area contributed by atoms with Crippen molar-refractivity contribution in [3.8, 4) is 0 Å². The Hall–Kier alpha value is -0.120. The summed E-state index contributed by atoms with van der Waals surface area (Å²) in [4.78, 5) is 2.39. The van der Waals surface area contributed by atoms with Crippen molar-refractivity contribution in [1.82, 2.24) is 10.2 Å². The quantitative estimate of drug-likeness (QED) is 0.735. The average Bonchev–Trinajstić information content (AvgIpc) is 2.15. The van der Waals surface area contributed by atoms with E-state index >= 15 is 0 Å². The van der Waals surface area contributed by atoms with Crippen molar-refractivity contribution in [1.29, 1.82) is 0 Å². The Morgan fingerprint density at radius 1 is 1.53 bits per heavy atom. The Morgan fingerprint density at radius 2 is 2.20 bits per heavy atom. The van der Waals surface area contributed by atoms with Gasteiger partial charge in [0.1, 0.15) is 0 Å². The number of hydrogen-bond donors (Lipinski definition) is 2. The molecular formula is C12H26N2O. The molecule has 0 aliphatic carbocycles. The highest BCUT2D eigenvalue weighted by Crippen LogP contribution is 2.23. The van der Waals surface area contributed by atoms with Crippen LogP contribution in [-0.4, -0.2) is 48.8 Å². The molecule has 3 nitrogen and oxygen atoms in total. The maximum atomic E-state index is 9.61. The van der Waals surface area contributed by atoms with Crippen LogP contribution in [0.4, 0.5) is 0 Å². The predicted octanol–water partition coefficient (Wildman–Crippen LogP) is 1.08. The summed E-state index contributed by atoms with van der Waals surface area (Å²) < 4.78 is 0. The first-order chi connectivity index (χ1) is 6.95. The number of nitrogens with one attached hydrogen (secondary N) is 1. The van der Waals surface area contributed by atoms with E-state index in [-0.39, 0.29) is 11.5 Å². The number of aliphatic hydroxyl groups excluding tert-OH is 1. The smallest absolute Gasteiger partial charge is 0.0667 e. The second kappa shape index (κ2) is 5.28. The van der Waals surface area contributed by atoms with Crippen LogP contribution in [0.5, 0.6) is 0 Å². The largest absolute Gasteiger partial charge is 0.392 e. The molecule has 1 heterocycles. The number of nitrogens with zero attached hydrogens (tertiary/aromatic N) is 1. The summed E-state index contributed by atoms with van der Waals surface area (Å²) in [5, 5.41) is 12.9. The Kier molecular flexibility index (Phi) is 4.56. The first-order valence-electron chi connectivity index (χ1n) is 6.03. The van der Waals surface area contributed by atoms with E-state index in [0.717, 1.165) is 32.5 Å². The van der Waals surface area contributed by atoms with Gasteiger partial charge >= 0.3 is 0 Å². The lowest BCUT2D eigenvalue weighted by Crippen LogP contribution is -2.49. The molecule has 0 amide bonds. The summed E-state index contributed by atoms with van der Waals surface area (Å²) >= 11 is 0. The van der Waals surface area contributed by atoms with Gasteiger partial charge in [0, 0.05) is 19.1 Å². The zero-order valence-electron chi connectivity index (χ0n) is 10.6. The van der Waals surface area contributed by atoms with E-state index in [4.69, 9.17) is 0 Å². The molecular weight excluding hydrogens is 188 g/mol. The highest BCUT2D eigenvalue weighted by Gasteiger charge is 2.29. The molecule has 0 saturated carbocycles. The van der Waals surface area contributed by atoms with Gasteiger partial charge in [0.15, 0.2) is 0 Å². The van der Waals surface area contributed by atoms with E-state index in [1.54, 1.807) is 0 Å². The van der Waals surface area contributed by atoms with Crippen LogP contribution in [0.2, 0.25) is 0 Å². The van der Waals surface area contributed by atoms with Crippen LogP contribution in [0, 0.1) is 5.41 Å². The van der Waals surface area contributed by atoms with Crippen LogP contribution in [0.15, 0.2) is 0 Å². The van der Waals surface area contributed by atoms with Gasteiger partial charge in [0.25, 0.3) is 0 Å². The molecule has 2 unspecified atom stereocenters. The molecule has 1 aliphatic rings. The molecule has 0 spiro atoms. The van der Waals surface area contributed by atoms with E-state index in [1.165, 1.54) is 0 Å². The lowest BCUT2D eigenvalue weighted by atomic mass is 9.84. The van der Waals surface area contributed by atoms with Crippen molar-refractivity contribution in [2.45, 2.75) is 45.8 Å². The van der Waals surface area contributed by atoms with Gasteiger partial charge in [-0.25, -0.2) is 0 Å². The standard InChI is InChI=1S/C12H26N2O/c1-10(13-4)12(2,3)9-14-7-5-6-11(15)8-14/h10-11,13,15H,5-9H2,1-4H3. The minimum Gasteiger partial charge on any atom is -0.392 e. The molecule has 0 aromatic carbocycles. The topological polar surface area (TPSA) is 35.5 Å². The average molecular weight is 214 g/mol. The number of likely N-dealkylation sites (tertiary alicyclic amines) is 1. The fraction of sp³-hybridized carbons (Fsp3) is 1.00. The van der Waals surface area contributed by atoms with Gasteiger partial charge in [-0.3, -0.25) is 0 Å². The van der Waals surface area contributed by atoms with Gasteiger partial charge in [-0.15, -0.1) is 0 Å². The van der Waals surface area contributed by atoms with Crippen LogP contribution in [-0.2, 0) is 0 Å². The normalized spacial score (nSPS) is 26.6. The maximum absolute atomic E-state index is 9.61. The molecule has 0 bridgehead atoms. The molecule has 15 heavy (non-hydrogen) atoms. The van der Waals surface area contributed by atoms with Crippen LogP contribution in [0.25, 0.3) is 0 Å². The third-order valence-electron chi connectivity index (χ3n) is 3.72. The Labute approximate surface area is 93.9 Å². The Bertz CT molecular complexity index is 194. The molecule has 1 saturated heterocycles. The van der Waals surface area contributed by atoms with E-state index in [1.807, 2.05) is 7.05 Å². The monoisotopic (exact) mass is 214 g/mol. The first kappa shape index (κ1) is 12.9. The van der Waals surface area contributed by atoms with E-state index in [2.05, 4.69) is 31.0 Å². The SMILES string of the molecule is CNC(C)C(C)(C)CN1CCCC(O)C1. The summed E-state index contributed by atoms with van der Waals surface area (Å²) in [5.74, 6) is 0. The third kappa shape index (κ3) is 3.74.